The minimum atomic E-state index is -1.76. The first kappa shape index (κ1) is 31.2. The van der Waals surface area contributed by atoms with Crippen LogP contribution in [0.3, 0.4) is 0 Å². The molecule has 0 unspecified atom stereocenters. The summed E-state index contributed by atoms with van der Waals surface area (Å²) in [5.41, 5.74) is 3.04. The van der Waals surface area contributed by atoms with Crippen molar-refractivity contribution in [3.63, 3.8) is 0 Å². The molecule has 156 valence electrons. The molecule has 0 aliphatic heterocycles. The second kappa shape index (κ2) is 12.1. The molecule has 0 amide bonds. The molecule has 0 nitrogen and oxygen atoms in total. The van der Waals surface area contributed by atoms with Crippen molar-refractivity contribution in [2.45, 2.75) is 40.8 Å². The molecular formula is C23H28Cl3CrPSi. The molecule has 0 saturated heterocycles. The number of halogens is 3. The van der Waals surface area contributed by atoms with Gasteiger partial charge in [0.05, 0.1) is 7.74 Å². The third-order valence-corrected chi connectivity index (χ3v) is 15.6. The summed E-state index contributed by atoms with van der Waals surface area (Å²) >= 11 is 0. The Labute approximate surface area is 208 Å². The second-order valence-electron chi connectivity index (χ2n) is 7.94. The molecule has 0 atom stereocenters. The van der Waals surface area contributed by atoms with Crippen molar-refractivity contribution in [3.8, 4) is 0 Å². The van der Waals surface area contributed by atoms with Crippen molar-refractivity contribution in [1.82, 2.24) is 0 Å². The first-order valence-electron chi connectivity index (χ1n) is 8.99. The van der Waals surface area contributed by atoms with Gasteiger partial charge < -0.3 is 37.2 Å². The van der Waals surface area contributed by atoms with Crippen molar-refractivity contribution in [1.29, 1.82) is 0 Å². The molecule has 3 rings (SSSR count). The summed E-state index contributed by atoms with van der Waals surface area (Å²) in [5, 5.41) is 4.52. The average molecular weight is 522 g/mol. The van der Waals surface area contributed by atoms with Gasteiger partial charge in [0.25, 0.3) is 0 Å². The summed E-state index contributed by atoms with van der Waals surface area (Å²) in [5.74, 6) is 0. The Hall–Kier alpha value is -0.0306. The van der Waals surface area contributed by atoms with E-state index in [0.29, 0.717) is 0 Å². The number of rotatable bonds is 4. The van der Waals surface area contributed by atoms with E-state index in [9.17, 15) is 0 Å². The predicted octanol–water partition coefficient (Wildman–Crippen LogP) is -3.02. The molecule has 2 aromatic rings. The van der Waals surface area contributed by atoms with E-state index in [-0.39, 0.29) is 67.5 Å². The summed E-state index contributed by atoms with van der Waals surface area (Å²) in [7, 11) is -2.15. The molecule has 0 N–H and O–H groups in total. The smallest absolute Gasteiger partial charge is 1.00 e. The monoisotopic (exact) mass is 520 g/mol. The average Bonchev–Trinajstić information content (AvgIpc) is 2.80. The number of allylic oxidation sites excluding steroid dienone is 4. The SMILES string of the molecule is CC1=C(C)C(C)(C)[C-]=C1[Si](C)(C)P(c1ccccc1)c1ccccc1.[Cl-].[Cl-].[Cl-].[Cr+4]. The fourth-order valence-electron chi connectivity index (χ4n) is 3.83. The van der Waals surface area contributed by atoms with Gasteiger partial charge in [0.1, 0.15) is 0 Å². The Kier molecular flexibility index (Phi) is 13.0. The number of hydrogen-bond acceptors (Lipinski definition) is 0. The molecular weight excluding hydrogens is 494 g/mol. The molecule has 0 radical (unpaired) electrons. The summed E-state index contributed by atoms with van der Waals surface area (Å²) in [6, 6.07) is 22.3. The quantitative estimate of drug-likeness (QED) is 0.228. The zero-order valence-electron chi connectivity index (χ0n) is 17.8. The van der Waals surface area contributed by atoms with Gasteiger partial charge in [-0.2, -0.15) is 5.57 Å². The van der Waals surface area contributed by atoms with Crippen LogP contribution >= 0.6 is 7.47 Å². The maximum absolute atomic E-state index is 3.91. The van der Waals surface area contributed by atoms with E-state index >= 15 is 0 Å². The van der Waals surface area contributed by atoms with Gasteiger partial charge in [0, 0.05) is 0 Å². The van der Waals surface area contributed by atoms with E-state index in [1.807, 2.05) is 0 Å². The fourth-order valence-corrected chi connectivity index (χ4v) is 14.4. The Morgan fingerprint density at radius 1 is 0.759 bits per heavy atom. The maximum atomic E-state index is 3.91. The Bertz CT molecular complexity index is 794. The summed E-state index contributed by atoms with van der Waals surface area (Å²) in [6.07, 6.45) is 3.91. The third kappa shape index (κ3) is 6.24. The van der Waals surface area contributed by atoms with E-state index in [4.69, 9.17) is 0 Å². The molecule has 0 bridgehead atoms. The van der Waals surface area contributed by atoms with Gasteiger partial charge in [-0.15, -0.1) is 6.92 Å². The van der Waals surface area contributed by atoms with E-state index in [2.05, 4.69) is 108 Å². The molecule has 6 heteroatoms. The molecule has 29 heavy (non-hydrogen) atoms. The normalized spacial score (nSPS) is 14.8. The van der Waals surface area contributed by atoms with Gasteiger partial charge in [-0.1, -0.05) is 107 Å². The van der Waals surface area contributed by atoms with Gasteiger partial charge >= 0.3 is 17.4 Å². The van der Waals surface area contributed by atoms with Crippen LogP contribution in [-0.2, 0) is 17.4 Å². The van der Waals surface area contributed by atoms with Crippen molar-refractivity contribution < 1.29 is 54.6 Å². The van der Waals surface area contributed by atoms with Crippen molar-refractivity contribution >= 4 is 25.8 Å². The van der Waals surface area contributed by atoms with Crippen LogP contribution < -0.4 is 47.8 Å². The first-order chi connectivity index (χ1) is 11.7. The van der Waals surface area contributed by atoms with Gasteiger partial charge in [0.15, 0.2) is 0 Å². The minimum absolute atomic E-state index is 0. The minimum Gasteiger partial charge on any atom is -1.00 e. The second-order valence-corrected chi connectivity index (χ2v) is 18.0. The van der Waals surface area contributed by atoms with Crippen LogP contribution in [0.25, 0.3) is 0 Å². The zero-order valence-corrected chi connectivity index (χ0v) is 23.2. The van der Waals surface area contributed by atoms with Crippen LogP contribution in [0, 0.1) is 11.5 Å². The molecule has 0 spiro atoms. The zero-order chi connectivity index (χ0) is 18.2. The summed E-state index contributed by atoms with van der Waals surface area (Å²) < 4.78 is 0. The Morgan fingerprint density at radius 2 is 1.14 bits per heavy atom. The van der Waals surface area contributed by atoms with Gasteiger partial charge in [-0.3, -0.25) is 6.08 Å². The topological polar surface area (TPSA) is 0 Å². The van der Waals surface area contributed by atoms with Gasteiger partial charge in [-0.25, -0.2) is 10.8 Å². The van der Waals surface area contributed by atoms with Crippen molar-refractivity contribution in [2.24, 2.45) is 5.41 Å². The van der Waals surface area contributed by atoms with E-state index in [1.54, 1.807) is 0 Å². The number of hydrogen-bond donors (Lipinski definition) is 0. The molecule has 0 saturated carbocycles. The maximum Gasteiger partial charge on any atom is 4.00 e. The Morgan fingerprint density at radius 3 is 1.45 bits per heavy atom. The van der Waals surface area contributed by atoms with Crippen LogP contribution in [0.4, 0.5) is 0 Å². The number of benzene rings is 2. The van der Waals surface area contributed by atoms with Crippen molar-refractivity contribution in [3.05, 3.63) is 83.1 Å². The summed E-state index contributed by atoms with van der Waals surface area (Å²) in [4.78, 5) is 0. The van der Waals surface area contributed by atoms with Crippen LogP contribution in [0.5, 0.6) is 0 Å². The molecule has 0 fully saturated rings. The van der Waals surface area contributed by atoms with E-state index in [0.717, 1.165) is 0 Å². The molecule has 2 aromatic carbocycles. The Balaban J connectivity index is 0. The van der Waals surface area contributed by atoms with Gasteiger partial charge in [-0.05, 0) is 10.6 Å². The van der Waals surface area contributed by atoms with Crippen LogP contribution in [0.1, 0.15) is 27.7 Å². The molecule has 1 aliphatic carbocycles. The van der Waals surface area contributed by atoms with Crippen molar-refractivity contribution in [2.75, 3.05) is 0 Å². The summed E-state index contributed by atoms with van der Waals surface area (Å²) in [6.45, 7) is 14.3. The predicted molar refractivity (Wildman–Crippen MR) is 115 cm³/mol. The fraction of sp³-hybridized carbons (Fsp3) is 0.304. The van der Waals surface area contributed by atoms with Crippen LogP contribution in [0.15, 0.2) is 77.0 Å². The molecule has 1 aliphatic rings. The molecule has 0 aromatic heterocycles. The van der Waals surface area contributed by atoms with Crippen LogP contribution in [0.2, 0.25) is 13.1 Å². The standard InChI is InChI=1S/C23H28PSi.3ClH.Cr/c1-18-19(2)23(3,4)17-22(18)25(5,6)24(20-13-9-7-10-14-20)21-15-11-8-12-16-21;;;;/h7-16H,1-6H3;3*1H;/q-1;;;;+4/p-3. The first-order valence-corrected chi connectivity index (χ1v) is 14.2. The molecule has 0 heterocycles. The van der Waals surface area contributed by atoms with Gasteiger partial charge in [0.2, 0.25) is 0 Å². The van der Waals surface area contributed by atoms with Crippen LogP contribution in [-0.4, -0.2) is 7.74 Å². The third-order valence-electron chi connectivity index (χ3n) is 5.51. The van der Waals surface area contributed by atoms with E-state index in [1.165, 1.54) is 27.0 Å². The van der Waals surface area contributed by atoms with E-state index < -0.39 is 7.74 Å². The largest absolute Gasteiger partial charge is 4.00 e.